The third-order valence-electron chi connectivity index (χ3n) is 5.61. The molecule has 0 bridgehead atoms. The van der Waals surface area contributed by atoms with Crippen molar-refractivity contribution < 1.29 is 23.4 Å². The van der Waals surface area contributed by atoms with Crippen LogP contribution in [0, 0.1) is 5.82 Å². The molecule has 3 fully saturated rings. The van der Waals surface area contributed by atoms with E-state index in [9.17, 15) is 9.18 Å². The van der Waals surface area contributed by atoms with E-state index in [0.29, 0.717) is 24.0 Å². The van der Waals surface area contributed by atoms with Gasteiger partial charge in [0.25, 0.3) is 0 Å². The van der Waals surface area contributed by atoms with Crippen molar-refractivity contribution in [3.8, 4) is 0 Å². The third-order valence-corrected chi connectivity index (χ3v) is 5.83. The number of amides is 1. The van der Waals surface area contributed by atoms with Crippen LogP contribution < -0.4 is 16.0 Å². The molecule has 0 radical (unpaired) electrons. The van der Waals surface area contributed by atoms with Gasteiger partial charge < -0.3 is 30.2 Å². The number of thiocarbonyl (C=S) groups is 1. The molecule has 4 rings (SSSR count). The van der Waals surface area contributed by atoms with E-state index in [2.05, 4.69) is 16.0 Å². The molecule has 4 atom stereocenters. The molecule has 1 aromatic rings. The summed E-state index contributed by atoms with van der Waals surface area (Å²) in [5, 5.41) is 9.54. The van der Waals surface area contributed by atoms with E-state index in [-0.39, 0.29) is 30.1 Å². The Morgan fingerprint density at radius 1 is 1.03 bits per heavy atom. The second kappa shape index (κ2) is 9.23. The first-order valence-electron chi connectivity index (χ1n) is 10.1. The minimum absolute atomic E-state index is 0.157. The lowest BCUT2D eigenvalue weighted by Gasteiger charge is -2.24. The lowest BCUT2D eigenvalue weighted by molar-refractivity contribution is 0.00277. The van der Waals surface area contributed by atoms with Gasteiger partial charge >= 0.3 is 6.09 Å². The zero-order chi connectivity index (χ0) is 20.2. The summed E-state index contributed by atoms with van der Waals surface area (Å²) in [4.78, 5) is 12.2. The number of carbonyl (C=O) groups is 1. The van der Waals surface area contributed by atoms with Gasteiger partial charge in [-0.1, -0.05) is 19.3 Å². The number of rotatable bonds is 4. The predicted molar refractivity (Wildman–Crippen MR) is 109 cm³/mol. The summed E-state index contributed by atoms with van der Waals surface area (Å²) >= 11 is 5.33. The number of fused-ring (bicyclic) bond motifs is 1. The van der Waals surface area contributed by atoms with Gasteiger partial charge in [-0.3, -0.25) is 0 Å². The molecule has 158 valence electrons. The van der Waals surface area contributed by atoms with E-state index in [0.717, 1.165) is 25.7 Å². The fourth-order valence-corrected chi connectivity index (χ4v) is 4.41. The van der Waals surface area contributed by atoms with Crippen molar-refractivity contribution in [1.82, 2.24) is 10.6 Å². The fourth-order valence-electron chi connectivity index (χ4n) is 4.14. The third kappa shape index (κ3) is 5.15. The molecule has 2 heterocycles. The molecule has 29 heavy (non-hydrogen) atoms. The molecule has 1 amide bonds. The zero-order valence-corrected chi connectivity index (χ0v) is 16.9. The molecule has 3 aliphatic rings. The average molecular weight is 424 g/mol. The number of benzene rings is 1. The van der Waals surface area contributed by atoms with Crippen LogP contribution in [0.3, 0.4) is 0 Å². The SMILES string of the molecule is O=C(NC1CCCCC1)OC1COC2C(NC(=S)Nc3ccc(F)cc3)COC12. The molecule has 2 aliphatic heterocycles. The molecule has 1 saturated carbocycles. The topological polar surface area (TPSA) is 80.9 Å². The van der Waals surface area contributed by atoms with Crippen LogP contribution in [0.2, 0.25) is 0 Å². The largest absolute Gasteiger partial charge is 0.441 e. The van der Waals surface area contributed by atoms with Gasteiger partial charge in [-0.2, -0.15) is 0 Å². The quantitative estimate of drug-likeness (QED) is 0.643. The molecule has 1 aromatic carbocycles. The second-order valence-corrected chi connectivity index (χ2v) is 8.14. The van der Waals surface area contributed by atoms with Crippen LogP contribution in [-0.2, 0) is 14.2 Å². The minimum atomic E-state index is -0.436. The van der Waals surface area contributed by atoms with Gasteiger partial charge in [0.15, 0.2) is 11.2 Å². The van der Waals surface area contributed by atoms with E-state index in [1.165, 1.54) is 18.6 Å². The van der Waals surface area contributed by atoms with Gasteiger partial charge in [0.1, 0.15) is 18.0 Å². The van der Waals surface area contributed by atoms with Gasteiger partial charge in [0.2, 0.25) is 0 Å². The number of halogens is 1. The lowest BCUT2D eigenvalue weighted by atomic mass is 9.96. The highest BCUT2D eigenvalue weighted by molar-refractivity contribution is 7.80. The van der Waals surface area contributed by atoms with E-state index in [4.69, 9.17) is 26.4 Å². The van der Waals surface area contributed by atoms with Crippen LogP contribution >= 0.6 is 12.2 Å². The van der Waals surface area contributed by atoms with Crippen LogP contribution in [0.5, 0.6) is 0 Å². The minimum Gasteiger partial charge on any atom is -0.441 e. The van der Waals surface area contributed by atoms with Crippen molar-refractivity contribution in [2.45, 2.75) is 62.5 Å². The number of carbonyl (C=O) groups excluding carboxylic acids is 1. The van der Waals surface area contributed by atoms with Gasteiger partial charge in [0, 0.05) is 11.7 Å². The van der Waals surface area contributed by atoms with Gasteiger partial charge in [-0.25, -0.2) is 9.18 Å². The number of alkyl carbamates (subject to hydrolysis) is 1. The van der Waals surface area contributed by atoms with Crippen molar-refractivity contribution in [2.24, 2.45) is 0 Å². The Labute approximate surface area is 174 Å². The monoisotopic (exact) mass is 423 g/mol. The Hall–Kier alpha value is -1.97. The maximum Gasteiger partial charge on any atom is 0.407 e. The van der Waals surface area contributed by atoms with Crippen molar-refractivity contribution >= 4 is 29.1 Å². The summed E-state index contributed by atoms with van der Waals surface area (Å²) in [5.41, 5.74) is 0.687. The first-order chi connectivity index (χ1) is 14.1. The Morgan fingerprint density at radius 2 is 1.76 bits per heavy atom. The first kappa shape index (κ1) is 20.3. The summed E-state index contributed by atoms with van der Waals surface area (Å²) in [6.45, 7) is 0.689. The number of nitrogens with one attached hydrogen (secondary N) is 3. The fraction of sp³-hybridized carbons (Fsp3) is 0.600. The first-order valence-corrected chi connectivity index (χ1v) is 10.5. The second-order valence-electron chi connectivity index (χ2n) is 7.73. The van der Waals surface area contributed by atoms with E-state index in [1.54, 1.807) is 12.1 Å². The highest BCUT2D eigenvalue weighted by Crippen LogP contribution is 2.29. The summed E-state index contributed by atoms with van der Waals surface area (Å²) in [5.74, 6) is -0.306. The molecule has 1 aliphatic carbocycles. The van der Waals surface area contributed by atoms with Gasteiger partial charge in [0.05, 0.1) is 19.3 Å². The van der Waals surface area contributed by atoms with Crippen LogP contribution in [0.1, 0.15) is 32.1 Å². The summed E-state index contributed by atoms with van der Waals surface area (Å²) < 4.78 is 30.2. The van der Waals surface area contributed by atoms with Crippen LogP contribution in [-0.4, -0.2) is 54.8 Å². The molecular formula is C20H26FN3O4S. The predicted octanol–water partition coefficient (Wildman–Crippen LogP) is 2.71. The molecule has 0 aromatic heterocycles. The van der Waals surface area contributed by atoms with Crippen LogP contribution in [0.25, 0.3) is 0 Å². The van der Waals surface area contributed by atoms with E-state index >= 15 is 0 Å². The number of anilines is 1. The highest BCUT2D eigenvalue weighted by atomic mass is 32.1. The summed E-state index contributed by atoms with van der Waals surface area (Å²) in [6, 6.07) is 5.98. The molecule has 9 heteroatoms. The Bertz CT molecular complexity index is 729. The van der Waals surface area contributed by atoms with Crippen molar-refractivity contribution in [2.75, 3.05) is 18.5 Å². The van der Waals surface area contributed by atoms with Crippen molar-refractivity contribution in [1.29, 1.82) is 0 Å². The standard InChI is InChI=1S/C20H26FN3O4S/c21-12-6-8-14(9-7-12)22-19(29)24-15-10-26-18-16(11-27-17(15)18)28-20(25)23-13-4-2-1-3-5-13/h6-9,13,15-18H,1-5,10-11H2,(H,23,25)(H2,22,24,29). The molecule has 7 nitrogen and oxygen atoms in total. The molecule has 0 spiro atoms. The highest BCUT2D eigenvalue weighted by Gasteiger charge is 2.49. The summed E-state index contributed by atoms with van der Waals surface area (Å²) in [7, 11) is 0. The van der Waals surface area contributed by atoms with Crippen molar-refractivity contribution in [3.63, 3.8) is 0 Å². The molecular weight excluding hydrogens is 397 g/mol. The normalized spacial score (nSPS) is 29.1. The molecule has 3 N–H and O–H groups in total. The molecule has 2 saturated heterocycles. The number of hydrogen-bond donors (Lipinski definition) is 3. The summed E-state index contributed by atoms with van der Waals surface area (Å²) in [6.07, 6.45) is 4.11. The Balaban J connectivity index is 1.24. The maximum absolute atomic E-state index is 13.0. The molecule has 4 unspecified atom stereocenters. The number of hydrogen-bond acceptors (Lipinski definition) is 5. The van der Waals surface area contributed by atoms with E-state index in [1.807, 2.05) is 0 Å². The maximum atomic E-state index is 13.0. The average Bonchev–Trinajstić information content (AvgIpc) is 3.28. The van der Waals surface area contributed by atoms with Gasteiger partial charge in [-0.15, -0.1) is 0 Å². The lowest BCUT2D eigenvalue weighted by Crippen LogP contribution is -2.46. The zero-order valence-electron chi connectivity index (χ0n) is 16.1. The van der Waals surface area contributed by atoms with Crippen molar-refractivity contribution in [3.05, 3.63) is 30.1 Å². The smallest absolute Gasteiger partial charge is 0.407 e. The Morgan fingerprint density at radius 3 is 2.52 bits per heavy atom. The Kier molecular flexibility index (Phi) is 6.46. The van der Waals surface area contributed by atoms with Gasteiger partial charge in [-0.05, 0) is 49.3 Å². The number of ether oxygens (including phenoxy) is 3. The van der Waals surface area contributed by atoms with Crippen LogP contribution in [0.4, 0.5) is 14.9 Å². The van der Waals surface area contributed by atoms with Crippen LogP contribution in [0.15, 0.2) is 24.3 Å². The van der Waals surface area contributed by atoms with E-state index < -0.39 is 12.2 Å².